The Morgan fingerprint density at radius 1 is 1.42 bits per heavy atom. The lowest BCUT2D eigenvalue weighted by atomic mass is 10.1. The number of aliphatic hydroxyl groups is 1. The van der Waals surface area contributed by atoms with Gasteiger partial charge in [-0.1, -0.05) is 17.7 Å². The molecule has 0 radical (unpaired) electrons. The predicted octanol–water partition coefficient (Wildman–Crippen LogP) is 2.94. The zero-order valence-corrected chi connectivity index (χ0v) is 10.6. The fraction of sp³-hybridized carbons (Fsp3) is 0.154. The molecule has 0 aliphatic heterocycles. The van der Waals surface area contributed by atoms with Crippen molar-refractivity contribution < 1.29 is 23.4 Å². The van der Waals surface area contributed by atoms with E-state index in [4.69, 9.17) is 16.0 Å². The molecule has 100 valence electrons. The number of carbonyl (C=O) groups is 1. The van der Waals surface area contributed by atoms with Crippen molar-refractivity contribution in [2.75, 3.05) is 7.11 Å². The molecule has 2 rings (SSSR count). The molecule has 0 saturated heterocycles. The average molecular weight is 285 g/mol. The molecule has 1 aromatic carbocycles. The summed E-state index contributed by atoms with van der Waals surface area (Å²) < 4.78 is 23.2. The van der Waals surface area contributed by atoms with Gasteiger partial charge in [0.25, 0.3) is 0 Å². The molecule has 0 amide bonds. The number of aliphatic hydroxyl groups excluding tert-OH is 1. The van der Waals surface area contributed by atoms with Crippen LogP contribution in [0.2, 0.25) is 5.02 Å². The molecule has 6 heteroatoms. The highest BCUT2D eigenvalue weighted by molar-refractivity contribution is 6.31. The van der Waals surface area contributed by atoms with E-state index < -0.39 is 17.9 Å². The first-order valence-corrected chi connectivity index (χ1v) is 5.72. The lowest BCUT2D eigenvalue weighted by Gasteiger charge is -2.11. The minimum Gasteiger partial charge on any atom is -0.463 e. The number of carbonyl (C=O) groups excluding carboxylic acids is 1. The van der Waals surface area contributed by atoms with Gasteiger partial charge in [-0.25, -0.2) is 9.18 Å². The van der Waals surface area contributed by atoms with E-state index in [9.17, 15) is 14.3 Å². The van der Waals surface area contributed by atoms with Gasteiger partial charge in [-0.2, -0.15) is 0 Å². The Bertz CT molecular complexity index is 588. The number of rotatable bonds is 3. The Morgan fingerprint density at radius 3 is 2.79 bits per heavy atom. The molecule has 0 saturated carbocycles. The van der Waals surface area contributed by atoms with Crippen molar-refractivity contribution >= 4 is 17.6 Å². The molecular formula is C13H10ClFO4. The molecule has 1 heterocycles. The normalized spacial score (nSPS) is 12.2. The molecule has 0 aliphatic rings. The van der Waals surface area contributed by atoms with Crippen LogP contribution in [0.1, 0.15) is 28.0 Å². The van der Waals surface area contributed by atoms with Crippen LogP contribution >= 0.6 is 11.6 Å². The average Bonchev–Trinajstić information content (AvgIpc) is 2.87. The summed E-state index contributed by atoms with van der Waals surface area (Å²) in [6, 6.07) is 6.75. The van der Waals surface area contributed by atoms with Crippen molar-refractivity contribution in [3.8, 4) is 0 Å². The van der Waals surface area contributed by atoms with Gasteiger partial charge < -0.3 is 14.3 Å². The number of halogens is 2. The Balaban J connectivity index is 2.36. The minimum atomic E-state index is -1.40. The molecule has 1 atom stereocenters. The molecule has 1 unspecified atom stereocenters. The monoisotopic (exact) mass is 284 g/mol. The van der Waals surface area contributed by atoms with Gasteiger partial charge in [0.1, 0.15) is 17.7 Å². The van der Waals surface area contributed by atoms with E-state index in [0.29, 0.717) is 0 Å². The molecule has 2 aromatic rings. The van der Waals surface area contributed by atoms with Gasteiger partial charge >= 0.3 is 5.97 Å². The van der Waals surface area contributed by atoms with Crippen LogP contribution in [-0.4, -0.2) is 18.2 Å². The fourth-order valence-corrected chi connectivity index (χ4v) is 1.89. The number of furan rings is 1. The summed E-state index contributed by atoms with van der Waals surface area (Å²) in [4.78, 5) is 11.2. The van der Waals surface area contributed by atoms with E-state index in [0.717, 1.165) is 0 Å². The van der Waals surface area contributed by atoms with Gasteiger partial charge in [0, 0.05) is 10.6 Å². The van der Waals surface area contributed by atoms with Crippen molar-refractivity contribution in [1.29, 1.82) is 0 Å². The van der Waals surface area contributed by atoms with E-state index in [-0.39, 0.29) is 22.1 Å². The first-order valence-electron chi connectivity index (χ1n) is 5.34. The Morgan fingerprint density at radius 2 is 2.16 bits per heavy atom. The summed E-state index contributed by atoms with van der Waals surface area (Å²) in [6.07, 6.45) is -1.40. The summed E-state index contributed by atoms with van der Waals surface area (Å²) in [5.41, 5.74) is -0.102. The maximum Gasteiger partial charge on any atom is 0.373 e. The van der Waals surface area contributed by atoms with E-state index in [1.54, 1.807) is 0 Å². The quantitative estimate of drug-likeness (QED) is 0.880. The van der Waals surface area contributed by atoms with Crippen LogP contribution in [0.4, 0.5) is 4.39 Å². The molecule has 0 aliphatic carbocycles. The SMILES string of the molecule is COC(=O)c1ccc(C(O)c2c(F)cccc2Cl)o1. The smallest absolute Gasteiger partial charge is 0.373 e. The third-order valence-corrected chi connectivity index (χ3v) is 2.89. The predicted molar refractivity (Wildman–Crippen MR) is 65.5 cm³/mol. The Hall–Kier alpha value is -1.85. The highest BCUT2D eigenvalue weighted by Crippen LogP contribution is 2.31. The summed E-state index contributed by atoms with van der Waals surface area (Å²) >= 11 is 5.84. The highest BCUT2D eigenvalue weighted by atomic mass is 35.5. The Kier molecular flexibility index (Phi) is 3.87. The van der Waals surface area contributed by atoms with Crippen LogP contribution in [0.3, 0.4) is 0 Å². The second-order valence-electron chi connectivity index (χ2n) is 3.73. The molecule has 0 spiro atoms. The van der Waals surface area contributed by atoms with E-state index in [1.165, 1.54) is 37.4 Å². The number of hydrogen-bond acceptors (Lipinski definition) is 4. The van der Waals surface area contributed by atoms with E-state index in [1.807, 2.05) is 0 Å². The zero-order valence-electron chi connectivity index (χ0n) is 9.89. The maximum absolute atomic E-state index is 13.6. The Labute approximate surface area is 113 Å². The third kappa shape index (κ3) is 2.62. The van der Waals surface area contributed by atoms with Crippen LogP contribution in [0.5, 0.6) is 0 Å². The zero-order chi connectivity index (χ0) is 14.0. The largest absolute Gasteiger partial charge is 0.463 e. The van der Waals surface area contributed by atoms with Crippen LogP contribution in [-0.2, 0) is 4.74 Å². The summed E-state index contributed by atoms with van der Waals surface area (Å²) in [6.45, 7) is 0. The van der Waals surface area contributed by atoms with Crippen molar-refractivity contribution in [2.45, 2.75) is 6.10 Å². The topological polar surface area (TPSA) is 59.7 Å². The van der Waals surface area contributed by atoms with E-state index >= 15 is 0 Å². The van der Waals surface area contributed by atoms with Crippen LogP contribution < -0.4 is 0 Å². The molecule has 1 N–H and O–H groups in total. The summed E-state index contributed by atoms with van der Waals surface area (Å²) in [7, 11) is 1.20. The molecule has 1 aromatic heterocycles. The number of ether oxygens (including phenoxy) is 1. The standard InChI is InChI=1S/C13H10ClFO4/c1-18-13(17)10-6-5-9(19-10)12(16)11-7(14)3-2-4-8(11)15/h2-6,12,16H,1H3. The first kappa shape index (κ1) is 13.6. The minimum absolute atomic E-state index is 0.00685. The van der Waals surface area contributed by atoms with Crippen molar-refractivity contribution in [1.82, 2.24) is 0 Å². The van der Waals surface area contributed by atoms with Crippen molar-refractivity contribution in [3.05, 3.63) is 58.3 Å². The third-order valence-electron chi connectivity index (χ3n) is 2.56. The van der Waals surface area contributed by atoms with E-state index in [2.05, 4.69) is 4.74 Å². The van der Waals surface area contributed by atoms with Crippen LogP contribution in [0.15, 0.2) is 34.7 Å². The first-order chi connectivity index (χ1) is 9.04. The molecule has 4 nitrogen and oxygen atoms in total. The van der Waals surface area contributed by atoms with Gasteiger partial charge in [-0.15, -0.1) is 0 Å². The van der Waals surface area contributed by atoms with Crippen molar-refractivity contribution in [3.63, 3.8) is 0 Å². The van der Waals surface area contributed by atoms with Gasteiger partial charge in [0.2, 0.25) is 5.76 Å². The van der Waals surface area contributed by atoms with Crippen LogP contribution in [0, 0.1) is 5.82 Å². The maximum atomic E-state index is 13.6. The fourth-order valence-electron chi connectivity index (χ4n) is 1.62. The molecule has 19 heavy (non-hydrogen) atoms. The number of methoxy groups -OCH3 is 1. The second kappa shape index (κ2) is 5.42. The van der Waals surface area contributed by atoms with Crippen molar-refractivity contribution in [2.24, 2.45) is 0 Å². The lowest BCUT2D eigenvalue weighted by molar-refractivity contribution is 0.0558. The summed E-state index contributed by atoms with van der Waals surface area (Å²) in [5.74, 6) is -1.41. The van der Waals surface area contributed by atoms with Gasteiger partial charge in [-0.3, -0.25) is 0 Å². The lowest BCUT2D eigenvalue weighted by Crippen LogP contribution is -2.03. The molecule has 0 bridgehead atoms. The summed E-state index contributed by atoms with van der Waals surface area (Å²) in [5, 5.41) is 10.1. The highest BCUT2D eigenvalue weighted by Gasteiger charge is 2.23. The molecular weight excluding hydrogens is 275 g/mol. The number of esters is 1. The van der Waals surface area contributed by atoms with Gasteiger partial charge in [0.15, 0.2) is 0 Å². The molecule has 0 fully saturated rings. The second-order valence-corrected chi connectivity index (χ2v) is 4.14. The number of benzene rings is 1. The van der Waals surface area contributed by atoms with Gasteiger partial charge in [0.05, 0.1) is 7.11 Å². The number of hydrogen-bond donors (Lipinski definition) is 1. The van der Waals surface area contributed by atoms with Gasteiger partial charge in [-0.05, 0) is 24.3 Å². The van der Waals surface area contributed by atoms with Crippen LogP contribution in [0.25, 0.3) is 0 Å².